The second-order valence-electron chi connectivity index (χ2n) is 6.53. The van der Waals surface area contributed by atoms with Crippen molar-refractivity contribution in [1.29, 1.82) is 0 Å². The molecule has 0 aliphatic carbocycles. The van der Waals surface area contributed by atoms with E-state index in [4.69, 9.17) is 4.74 Å². The van der Waals surface area contributed by atoms with Crippen LogP contribution in [-0.4, -0.2) is 31.1 Å². The summed E-state index contributed by atoms with van der Waals surface area (Å²) in [7, 11) is 0. The third-order valence-corrected chi connectivity index (χ3v) is 4.36. The van der Waals surface area contributed by atoms with Gasteiger partial charge in [-0.3, -0.25) is 4.90 Å². The van der Waals surface area contributed by atoms with Crippen molar-refractivity contribution < 1.29 is 4.74 Å². The molecular formula is C19H25NO. The summed E-state index contributed by atoms with van der Waals surface area (Å²) in [4.78, 5) is 2.55. The average Bonchev–Trinajstić information content (AvgIpc) is 2.46. The van der Waals surface area contributed by atoms with E-state index in [0.717, 1.165) is 30.7 Å². The van der Waals surface area contributed by atoms with Gasteiger partial charge in [0.05, 0.1) is 0 Å². The van der Waals surface area contributed by atoms with E-state index < -0.39 is 0 Å². The van der Waals surface area contributed by atoms with Crippen LogP contribution in [0.4, 0.5) is 0 Å². The van der Waals surface area contributed by atoms with Crippen molar-refractivity contribution in [3.8, 4) is 5.75 Å². The number of hydrogen-bond acceptors (Lipinski definition) is 2. The minimum Gasteiger partial charge on any atom is -0.492 e. The van der Waals surface area contributed by atoms with Crippen LogP contribution in [0.25, 0.3) is 10.8 Å². The number of piperidine rings is 1. The van der Waals surface area contributed by atoms with E-state index in [0.29, 0.717) is 0 Å². The van der Waals surface area contributed by atoms with Gasteiger partial charge < -0.3 is 4.74 Å². The van der Waals surface area contributed by atoms with Gasteiger partial charge in [0.15, 0.2) is 0 Å². The van der Waals surface area contributed by atoms with Crippen LogP contribution in [0.3, 0.4) is 0 Å². The van der Waals surface area contributed by atoms with Gasteiger partial charge in [0.1, 0.15) is 12.4 Å². The van der Waals surface area contributed by atoms with Crippen molar-refractivity contribution in [3.05, 3.63) is 42.5 Å². The first kappa shape index (κ1) is 14.4. The molecule has 0 bridgehead atoms. The van der Waals surface area contributed by atoms with Gasteiger partial charge >= 0.3 is 0 Å². The molecule has 0 unspecified atom stereocenters. The summed E-state index contributed by atoms with van der Waals surface area (Å²) in [5, 5.41) is 2.45. The molecule has 0 spiro atoms. The lowest BCUT2D eigenvalue weighted by Gasteiger charge is -2.34. The Hall–Kier alpha value is -1.54. The Kier molecular flexibility index (Phi) is 4.45. The number of likely N-dealkylation sites (tertiary alicyclic amines) is 1. The van der Waals surface area contributed by atoms with E-state index in [1.807, 2.05) is 0 Å². The molecule has 2 heteroatoms. The molecule has 2 nitrogen and oxygen atoms in total. The minimum atomic E-state index is 0.771. The molecule has 112 valence electrons. The highest BCUT2D eigenvalue weighted by molar-refractivity contribution is 5.88. The fourth-order valence-corrected chi connectivity index (χ4v) is 3.58. The van der Waals surface area contributed by atoms with E-state index >= 15 is 0 Å². The summed E-state index contributed by atoms with van der Waals surface area (Å²) in [6.45, 7) is 8.93. The van der Waals surface area contributed by atoms with Crippen LogP contribution >= 0.6 is 0 Å². The third-order valence-electron chi connectivity index (χ3n) is 4.36. The standard InChI is InChI=1S/C19H25NO/c1-15-12-16(2)14-20(13-15)10-11-21-19-9-5-7-17-6-3-4-8-18(17)19/h3-9,15-16H,10-14H2,1-2H3/t15-,16+. The van der Waals surface area contributed by atoms with Crippen LogP contribution < -0.4 is 4.74 Å². The number of rotatable bonds is 4. The Labute approximate surface area is 127 Å². The summed E-state index contributed by atoms with van der Waals surface area (Å²) < 4.78 is 6.05. The van der Waals surface area contributed by atoms with Gasteiger partial charge in [-0.2, -0.15) is 0 Å². The van der Waals surface area contributed by atoms with Crippen LogP contribution in [0.15, 0.2) is 42.5 Å². The van der Waals surface area contributed by atoms with Crippen LogP contribution in [0.1, 0.15) is 20.3 Å². The first-order valence-corrected chi connectivity index (χ1v) is 8.05. The lowest BCUT2D eigenvalue weighted by Crippen LogP contribution is -2.40. The van der Waals surface area contributed by atoms with Crippen LogP contribution in [-0.2, 0) is 0 Å². The van der Waals surface area contributed by atoms with Gasteiger partial charge in [0, 0.05) is 25.0 Å². The largest absolute Gasteiger partial charge is 0.492 e. The molecule has 0 radical (unpaired) electrons. The van der Waals surface area contributed by atoms with E-state index in [1.165, 1.54) is 30.3 Å². The molecule has 2 aromatic rings. The number of benzene rings is 2. The zero-order chi connectivity index (χ0) is 14.7. The van der Waals surface area contributed by atoms with Crippen molar-refractivity contribution in [3.63, 3.8) is 0 Å². The third kappa shape index (κ3) is 3.56. The topological polar surface area (TPSA) is 12.5 Å². The van der Waals surface area contributed by atoms with Crippen molar-refractivity contribution in [2.24, 2.45) is 11.8 Å². The Morgan fingerprint density at radius 2 is 1.71 bits per heavy atom. The Balaban J connectivity index is 1.59. The monoisotopic (exact) mass is 283 g/mol. The molecule has 0 aromatic heterocycles. The summed E-state index contributed by atoms with van der Waals surface area (Å²) in [5.41, 5.74) is 0. The minimum absolute atomic E-state index is 0.771. The maximum Gasteiger partial charge on any atom is 0.127 e. The van der Waals surface area contributed by atoms with E-state index in [-0.39, 0.29) is 0 Å². The zero-order valence-corrected chi connectivity index (χ0v) is 13.1. The molecule has 1 heterocycles. The van der Waals surface area contributed by atoms with Gasteiger partial charge in [0.2, 0.25) is 0 Å². The quantitative estimate of drug-likeness (QED) is 0.834. The molecule has 0 saturated carbocycles. The first-order valence-electron chi connectivity index (χ1n) is 8.05. The fourth-order valence-electron chi connectivity index (χ4n) is 3.58. The number of nitrogens with zero attached hydrogens (tertiary/aromatic N) is 1. The molecule has 1 aliphatic heterocycles. The summed E-state index contributed by atoms with van der Waals surface area (Å²) in [5.74, 6) is 2.63. The van der Waals surface area contributed by atoms with Crippen molar-refractivity contribution in [1.82, 2.24) is 4.90 Å². The highest BCUT2D eigenvalue weighted by atomic mass is 16.5. The van der Waals surface area contributed by atoms with E-state index in [2.05, 4.69) is 61.2 Å². The van der Waals surface area contributed by atoms with Gasteiger partial charge in [-0.05, 0) is 29.7 Å². The van der Waals surface area contributed by atoms with Gasteiger partial charge in [-0.1, -0.05) is 50.2 Å². The zero-order valence-electron chi connectivity index (χ0n) is 13.1. The molecule has 21 heavy (non-hydrogen) atoms. The molecule has 1 saturated heterocycles. The Morgan fingerprint density at radius 3 is 2.52 bits per heavy atom. The normalized spacial score (nSPS) is 23.3. The molecule has 2 aromatic carbocycles. The second-order valence-corrected chi connectivity index (χ2v) is 6.53. The molecule has 0 N–H and O–H groups in total. The molecule has 2 atom stereocenters. The Morgan fingerprint density at radius 1 is 1.00 bits per heavy atom. The van der Waals surface area contributed by atoms with Crippen molar-refractivity contribution in [2.45, 2.75) is 20.3 Å². The summed E-state index contributed by atoms with van der Waals surface area (Å²) in [6, 6.07) is 14.7. The maximum atomic E-state index is 6.05. The van der Waals surface area contributed by atoms with Gasteiger partial charge in [0.25, 0.3) is 0 Å². The van der Waals surface area contributed by atoms with Gasteiger partial charge in [-0.15, -0.1) is 0 Å². The highest BCUT2D eigenvalue weighted by Gasteiger charge is 2.21. The smallest absolute Gasteiger partial charge is 0.127 e. The SMILES string of the molecule is C[C@@H]1C[C@H](C)CN(CCOc2cccc3ccccc23)C1. The fraction of sp³-hybridized carbons (Fsp3) is 0.474. The predicted molar refractivity (Wildman–Crippen MR) is 88.8 cm³/mol. The van der Waals surface area contributed by atoms with Crippen LogP contribution in [0, 0.1) is 11.8 Å². The highest BCUT2D eigenvalue weighted by Crippen LogP contribution is 2.25. The molecular weight excluding hydrogens is 258 g/mol. The summed E-state index contributed by atoms with van der Waals surface area (Å²) >= 11 is 0. The number of fused-ring (bicyclic) bond motifs is 1. The molecule has 3 rings (SSSR count). The predicted octanol–water partition coefficient (Wildman–Crippen LogP) is 4.20. The summed E-state index contributed by atoms with van der Waals surface area (Å²) in [6.07, 6.45) is 1.36. The van der Waals surface area contributed by atoms with Crippen LogP contribution in [0.5, 0.6) is 5.75 Å². The molecule has 1 fully saturated rings. The van der Waals surface area contributed by atoms with E-state index in [1.54, 1.807) is 0 Å². The maximum absolute atomic E-state index is 6.05. The molecule has 1 aliphatic rings. The van der Waals surface area contributed by atoms with Crippen LogP contribution in [0.2, 0.25) is 0 Å². The Bertz CT molecular complexity index is 580. The number of ether oxygens (including phenoxy) is 1. The number of hydrogen-bond donors (Lipinski definition) is 0. The molecule has 0 amide bonds. The van der Waals surface area contributed by atoms with Crippen molar-refractivity contribution >= 4 is 10.8 Å². The average molecular weight is 283 g/mol. The first-order chi connectivity index (χ1) is 10.2. The lowest BCUT2D eigenvalue weighted by molar-refractivity contribution is 0.121. The van der Waals surface area contributed by atoms with Gasteiger partial charge in [-0.25, -0.2) is 0 Å². The van der Waals surface area contributed by atoms with Crippen molar-refractivity contribution in [2.75, 3.05) is 26.2 Å². The van der Waals surface area contributed by atoms with E-state index in [9.17, 15) is 0 Å². The second kappa shape index (κ2) is 6.48. The lowest BCUT2D eigenvalue weighted by atomic mass is 9.92.